The topological polar surface area (TPSA) is 49.3 Å². The number of anilines is 1. The van der Waals surface area contributed by atoms with E-state index in [9.17, 15) is 4.79 Å². The zero-order valence-corrected chi connectivity index (χ0v) is 14.9. The van der Waals surface area contributed by atoms with Crippen LogP contribution in [0.4, 0.5) is 5.82 Å². The first-order valence-corrected chi connectivity index (χ1v) is 8.98. The van der Waals surface area contributed by atoms with Crippen molar-refractivity contribution in [1.29, 1.82) is 0 Å². The van der Waals surface area contributed by atoms with Gasteiger partial charge in [0, 0.05) is 38.6 Å². The Balaban J connectivity index is 1.47. The van der Waals surface area contributed by atoms with Gasteiger partial charge in [-0.3, -0.25) is 9.78 Å². The molecule has 2 heterocycles. The molecule has 0 bridgehead atoms. The van der Waals surface area contributed by atoms with Crippen molar-refractivity contribution >= 4 is 11.7 Å². The first kappa shape index (κ1) is 16.1. The maximum atomic E-state index is 13.2. The van der Waals surface area contributed by atoms with E-state index in [-0.39, 0.29) is 5.41 Å². The number of hydrogen-bond donors (Lipinski definition) is 0. The van der Waals surface area contributed by atoms with Crippen LogP contribution in [0, 0.1) is 13.8 Å². The highest BCUT2D eigenvalue weighted by Gasteiger charge is 2.53. The molecule has 0 spiro atoms. The van der Waals surface area contributed by atoms with Crippen LogP contribution in [0.15, 0.2) is 36.8 Å². The number of aryl methyl sites for hydroxylation is 2. The molecule has 25 heavy (non-hydrogen) atoms. The molecule has 5 nitrogen and oxygen atoms in total. The second-order valence-electron chi connectivity index (χ2n) is 7.30. The van der Waals surface area contributed by atoms with Gasteiger partial charge < -0.3 is 9.80 Å². The van der Waals surface area contributed by atoms with Gasteiger partial charge in [0.05, 0.1) is 11.6 Å². The SMILES string of the molecule is Cc1cc(C)cc(C2(C(=O)N3CCN(c4cnccn4)CC3)CC2)c1. The van der Waals surface area contributed by atoms with E-state index in [0.29, 0.717) is 5.91 Å². The molecule has 1 aliphatic heterocycles. The summed E-state index contributed by atoms with van der Waals surface area (Å²) in [7, 11) is 0. The summed E-state index contributed by atoms with van der Waals surface area (Å²) >= 11 is 0. The lowest BCUT2D eigenvalue weighted by Gasteiger charge is -2.37. The molecule has 5 heteroatoms. The Morgan fingerprint density at radius 3 is 2.24 bits per heavy atom. The number of amides is 1. The fraction of sp³-hybridized carbons (Fsp3) is 0.450. The Morgan fingerprint density at radius 2 is 1.68 bits per heavy atom. The summed E-state index contributed by atoms with van der Waals surface area (Å²) in [4.78, 5) is 26.0. The van der Waals surface area contributed by atoms with E-state index in [1.807, 2.05) is 4.90 Å². The molecule has 1 aliphatic carbocycles. The fourth-order valence-electron chi connectivity index (χ4n) is 3.90. The van der Waals surface area contributed by atoms with Crippen molar-refractivity contribution in [2.75, 3.05) is 31.1 Å². The normalized spacial score (nSPS) is 19.0. The molecule has 0 N–H and O–H groups in total. The van der Waals surface area contributed by atoms with Gasteiger partial charge in [-0.1, -0.05) is 29.3 Å². The third-order valence-corrected chi connectivity index (χ3v) is 5.37. The summed E-state index contributed by atoms with van der Waals surface area (Å²) in [6, 6.07) is 6.55. The summed E-state index contributed by atoms with van der Waals surface area (Å²) in [6.45, 7) is 7.35. The van der Waals surface area contributed by atoms with Gasteiger partial charge >= 0.3 is 0 Å². The monoisotopic (exact) mass is 336 g/mol. The second kappa shape index (κ2) is 6.14. The molecule has 4 rings (SSSR count). The summed E-state index contributed by atoms with van der Waals surface area (Å²) in [5.74, 6) is 1.20. The van der Waals surface area contributed by atoms with Gasteiger partial charge in [0.1, 0.15) is 5.82 Å². The number of hydrogen-bond acceptors (Lipinski definition) is 4. The molecule has 1 saturated carbocycles. The number of rotatable bonds is 3. The molecule has 1 aromatic carbocycles. The van der Waals surface area contributed by atoms with Gasteiger partial charge in [-0.25, -0.2) is 4.98 Å². The quantitative estimate of drug-likeness (QED) is 0.864. The standard InChI is InChI=1S/C20H24N4O/c1-15-11-16(2)13-17(12-15)20(3-4-20)19(25)24-9-7-23(8-10-24)18-14-21-5-6-22-18/h5-6,11-14H,3-4,7-10H2,1-2H3. The minimum atomic E-state index is -0.272. The molecule has 0 atom stereocenters. The number of aromatic nitrogens is 2. The molecular weight excluding hydrogens is 312 g/mol. The maximum absolute atomic E-state index is 13.2. The Bertz CT molecular complexity index is 757. The number of piperazine rings is 1. The van der Waals surface area contributed by atoms with E-state index in [2.05, 4.69) is 46.9 Å². The lowest BCUT2D eigenvalue weighted by atomic mass is 9.91. The van der Waals surface area contributed by atoms with Crippen LogP contribution in [0.2, 0.25) is 0 Å². The second-order valence-corrected chi connectivity index (χ2v) is 7.30. The number of carbonyl (C=O) groups is 1. The van der Waals surface area contributed by atoms with E-state index in [1.165, 1.54) is 16.7 Å². The van der Waals surface area contributed by atoms with E-state index in [4.69, 9.17) is 0 Å². The number of carbonyl (C=O) groups excluding carboxylic acids is 1. The first-order chi connectivity index (χ1) is 12.1. The molecule has 1 amide bonds. The van der Waals surface area contributed by atoms with E-state index in [1.54, 1.807) is 18.6 Å². The Hall–Kier alpha value is -2.43. The molecular formula is C20H24N4O. The van der Waals surface area contributed by atoms with Gasteiger partial charge in [-0.2, -0.15) is 0 Å². The highest BCUT2D eigenvalue weighted by Crippen LogP contribution is 2.50. The molecule has 0 radical (unpaired) electrons. The van der Waals surface area contributed by atoms with Crippen LogP contribution in [0.3, 0.4) is 0 Å². The van der Waals surface area contributed by atoms with E-state index in [0.717, 1.165) is 44.8 Å². The summed E-state index contributed by atoms with van der Waals surface area (Å²) in [6.07, 6.45) is 7.13. The van der Waals surface area contributed by atoms with Crippen molar-refractivity contribution in [3.63, 3.8) is 0 Å². The maximum Gasteiger partial charge on any atom is 0.233 e. The minimum absolute atomic E-state index is 0.272. The van der Waals surface area contributed by atoms with Crippen molar-refractivity contribution in [2.45, 2.75) is 32.1 Å². The zero-order chi connectivity index (χ0) is 17.4. The van der Waals surface area contributed by atoms with Crippen LogP contribution in [-0.4, -0.2) is 47.0 Å². The number of benzene rings is 1. The van der Waals surface area contributed by atoms with Crippen LogP contribution >= 0.6 is 0 Å². The van der Waals surface area contributed by atoms with Gasteiger partial charge in [0.15, 0.2) is 0 Å². The third-order valence-electron chi connectivity index (χ3n) is 5.37. The van der Waals surface area contributed by atoms with Crippen molar-refractivity contribution < 1.29 is 4.79 Å². The zero-order valence-electron chi connectivity index (χ0n) is 14.9. The Labute approximate surface area is 148 Å². The van der Waals surface area contributed by atoms with Gasteiger partial charge in [-0.05, 0) is 32.3 Å². The minimum Gasteiger partial charge on any atom is -0.352 e. The molecule has 2 aliphatic rings. The first-order valence-electron chi connectivity index (χ1n) is 8.98. The van der Waals surface area contributed by atoms with Crippen molar-refractivity contribution in [2.24, 2.45) is 0 Å². The molecule has 0 unspecified atom stereocenters. The highest BCUT2D eigenvalue weighted by atomic mass is 16.2. The average molecular weight is 336 g/mol. The third kappa shape index (κ3) is 2.99. The molecule has 2 aromatic rings. The van der Waals surface area contributed by atoms with E-state index >= 15 is 0 Å². The summed E-state index contributed by atoms with van der Waals surface area (Å²) in [5.41, 5.74) is 3.40. The van der Waals surface area contributed by atoms with Crippen molar-refractivity contribution in [1.82, 2.24) is 14.9 Å². The number of nitrogens with zero attached hydrogens (tertiary/aromatic N) is 4. The molecule has 1 aromatic heterocycles. The van der Waals surface area contributed by atoms with Gasteiger partial charge in [0.25, 0.3) is 0 Å². The smallest absolute Gasteiger partial charge is 0.233 e. The highest BCUT2D eigenvalue weighted by molar-refractivity contribution is 5.91. The van der Waals surface area contributed by atoms with Crippen LogP contribution in [0.5, 0.6) is 0 Å². The Morgan fingerprint density at radius 1 is 1.00 bits per heavy atom. The van der Waals surface area contributed by atoms with Gasteiger partial charge in [0.2, 0.25) is 5.91 Å². The fourth-order valence-corrected chi connectivity index (χ4v) is 3.90. The molecule has 130 valence electrons. The predicted octanol–water partition coefficient (Wildman–Crippen LogP) is 2.47. The average Bonchev–Trinajstić information content (AvgIpc) is 3.43. The van der Waals surface area contributed by atoms with Crippen LogP contribution < -0.4 is 4.90 Å². The Kier molecular flexibility index (Phi) is 3.94. The molecule has 2 fully saturated rings. The summed E-state index contributed by atoms with van der Waals surface area (Å²) in [5, 5.41) is 0. The van der Waals surface area contributed by atoms with Crippen LogP contribution in [0.1, 0.15) is 29.5 Å². The van der Waals surface area contributed by atoms with Crippen molar-refractivity contribution in [3.05, 3.63) is 53.5 Å². The largest absolute Gasteiger partial charge is 0.352 e. The lowest BCUT2D eigenvalue weighted by Crippen LogP contribution is -2.51. The summed E-state index contributed by atoms with van der Waals surface area (Å²) < 4.78 is 0. The molecule has 1 saturated heterocycles. The van der Waals surface area contributed by atoms with Gasteiger partial charge in [-0.15, -0.1) is 0 Å². The lowest BCUT2D eigenvalue weighted by molar-refractivity contribution is -0.134. The van der Waals surface area contributed by atoms with E-state index < -0.39 is 0 Å². The van der Waals surface area contributed by atoms with Crippen LogP contribution in [-0.2, 0) is 10.2 Å². The van der Waals surface area contributed by atoms with Crippen LogP contribution in [0.25, 0.3) is 0 Å². The van der Waals surface area contributed by atoms with Crippen molar-refractivity contribution in [3.8, 4) is 0 Å². The predicted molar refractivity (Wildman–Crippen MR) is 97.7 cm³/mol.